The average Bonchev–Trinajstić information content (AvgIpc) is 3.39. The van der Waals surface area contributed by atoms with E-state index in [0.717, 1.165) is 34.7 Å². The van der Waals surface area contributed by atoms with Gasteiger partial charge in [-0.3, -0.25) is 4.79 Å². The minimum absolute atomic E-state index is 0.111. The molecule has 2 heterocycles. The van der Waals surface area contributed by atoms with Gasteiger partial charge in [0.15, 0.2) is 0 Å². The molecule has 0 spiro atoms. The summed E-state index contributed by atoms with van der Waals surface area (Å²) < 4.78 is 15.2. The number of rotatable bonds is 4. The van der Waals surface area contributed by atoms with Crippen molar-refractivity contribution in [2.75, 3.05) is 6.54 Å². The Morgan fingerprint density at radius 2 is 2.07 bits per heavy atom. The number of aromatic amines is 1. The van der Waals surface area contributed by atoms with Gasteiger partial charge in [-0.25, -0.2) is 4.39 Å². The van der Waals surface area contributed by atoms with Gasteiger partial charge in [-0.1, -0.05) is 12.1 Å². The molecule has 5 rings (SSSR count). The van der Waals surface area contributed by atoms with E-state index >= 15 is 0 Å². The Kier molecular flexibility index (Phi) is 4.00. The molecule has 2 aromatic heterocycles. The van der Waals surface area contributed by atoms with Crippen molar-refractivity contribution in [3.8, 4) is 16.9 Å². The second kappa shape index (κ2) is 6.43. The number of nitrogens with one attached hydrogen (secondary N) is 1. The number of hydrogen-bond acceptors (Lipinski definition) is 4. The third kappa shape index (κ3) is 2.64. The number of aromatic hydroxyl groups is 1. The van der Waals surface area contributed by atoms with Gasteiger partial charge in [0.2, 0.25) is 0 Å². The molecule has 0 radical (unpaired) electrons. The summed E-state index contributed by atoms with van der Waals surface area (Å²) in [4.78, 5) is 15.6. The third-order valence-corrected chi connectivity index (χ3v) is 6.40. The van der Waals surface area contributed by atoms with E-state index in [9.17, 15) is 14.3 Å². The number of halogens is 1. The molecule has 4 N–H and O–H groups in total. The molecule has 28 heavy (non-hydrogen) atoms. The maximum absolute atomic E-state index is 14.6. The van der Waals surface area contributed by atoms with Gasteiger partial charge in [0.05, 0.1) is 5.52 Å². The lowest BCUT2D eigenvalue weighted by molar-refractivity contribution is 0.477. The zero-order chi connectivity index (χ0) is 19.4. The largest absolute Gasteiger partial charge is 0.507 e. The van der Waals surface area contributed by atoms with E-state index in [1.165, 1.54) is 17.4 Å². The van der Waals surface area contributed by atoms with Crippen LogP contribution in [0.25, 0.3) is 32.1 Å². The van der Waals surface area contributed by atoms with Gasteiger partial charge in [0, 0.05) is 16.3 Å². The highest BCUT2D eigenvalue weighted by molar-refractivity contribution is 7.17. The van der Waals surface area contributed by atoms with E-state index in [-0.39, 0.29) is 17.1 Å². The normalized spacial score (nSPS) is 14.2. The van der Waals surface area contributed by atoms with E-state index in [2.05, 4.69) is 4.98 Å². The average molecular weight is 394 g/mol. The topological polar surface area (TPSA) is 79.1 Å². The fraction of sp³-hybridized carbons (Fsp3) is 0.227. The molecular formula is C22H19FN2O2S. The molecule has 0 unspecified atom stereocenters. The Morgan fingerprint density at radius 1 is 1.25 bits per heavy atom. The highest BCUT2D eigenvalue weighted by Crippen LogP contribution is 2.48. The zero-order valence-electron chi connectivity index (χ0n) is 15.1. The quantitative estimate of drug-likeness (QED) is 0.472. The van der Waals surface area contributed by atoms with Crippen LogP contribution in [0.2, 0.25) is 0 Å². The van der Waals surface area contributed by atoms with Crippen molar-refractivity contribution in [3.05, 3.63) is 63.0 Å². The van der Waals surface area contributed by atoms with Crippen LogP contribution < -0.4 is 11.3 Å². The van der Waals surface area contributed by atoms with Crippen molar-refractivity contribution in [1.29, 1.82) is 0 Å². The molecule has 1 aliphatic rings. The SMILES string of the molecule is NCCc1ccc(-c2c(O)cc(C3CC3)c3[nH]c(=O)c4sccc4c23)cc1F. The maximum atomic E-state index is 14.6. The van der Waals surface area contributed by atoms with Crippen LogP contribution in [0.5, 0.6) is 5.75 Å². The fourth-order valence-electron chi connectivity index (χ4n) is 4.01. The van der Waals surface area contributed by atoms with Crippen LogP contribution in [0.15, 0.2) is 40.5 Å². The molecule has 1 saturated carbocycles. The maximum Gasteiger partial charge on any atom is 0.266 e. The van der Waals surface area contributed by atoms with E-state index in [1.807, 2.05) is 17.5 Å². The highest BCUT2D eigenvalue weighted by atomic mass is 32.1. The molecule has 1 fully saturated rings. The molecule has 0 aliphatic heterocycles. The fourth-order valence-corrected chi connectivity index (χ4v) is 4.81. The number of thiophene rings is 1. The standard InChI is InChI=1S/C22H19FN2O2S/c23-16-9-13(4-3-12(16)5-7-24)18-17(26)10-15(11-1-2-11)20-19(18)14-6-8-28-21(14)22(27)25-20/h3-4,6,8-11,26H,1-2,5,7,24H2,(H,25,27). The van der Waals surface area contributed by atoms with Crippen molar-refractivity contribution in [3.63, 3.8) is 0 Å². The molecule has 1 aliphatic carbocycles. The number of hydrogen-bond donors (Lipinski definition) is 3. The van der Waals surface area contributed by atoms with Gasteiger partial charge in [0.25, 0.3) is 5.56 Å². The summed E-state index contributed by atoms with van der Waals surface area (Å²) in [5.74, 6) is 0.116. The predicted octanol–water partition coefficient (Wildman–Crippen LogP) is 4.63. The molecule has 6 heteroatoms. The first-order chi connectivity index (χ1) is 13.6. The molecule has 4 aromatic rings. The van der Waals surface area contributed by atoms with Gasteiger partial charge >= 0.3 is 0 Å². The molecule has 2 aromatic carbocycles. The lowest BCUT2D eigenvalue weighted by Crippen LogP contribution is -2.07. The Morgan fingerprint density at radius 3 is 2.79 bits per heavy atom. The number of phenols is 1. The molecule has 0 saturated heterocycles. The molecule has 0 amide bonds. The van der Waals surface area contributed by atoms with Gasteiger partial charge in [-0.15, -0.1) is 11.3 Å². The lowest BCUT2D eigenvalue weighted by Gasteiger charge is -2.15. The summed E-state index contributed by atoms with van der Waals surface area (Å²) in [6.07, 6.45) is 2.54. The Balaban J connectivity index is 1.88. The van der Waals surface area contributed by atoms with Crippen LogP contribution in [-0.4, -0.2) is 16.6 Å². The van der Waals surface area contributed by atoms with Crippen molar-refractivity contribution >= 4 is 32.3 Å². The van der Waals surface area contributed by atoms with E-state index in [1.54, 1.807) is 12.1 Å². The molecular weight excluding hydrogens is 375 g/mol. The van der Waals surface area contributed by atoms with Crippen molar-refractivity contribution < 1.29 is 9.50 Å². The van der Waals surface area contributed by atoms with E-state index < -0.39 is 0 Å². The first kappa shape index (κ1) is 17.4. The number of nitrogens with two attached hydrogens (primary N) is 1. The lowest BCUT2D eigenvalue weighted by atomic mass is 9.92. The van der Waals surface area contributed by atoms with Gasteiger partial charge in [-0.2, -0.15) is 0 Å². The summed E-state index contributed by atoms with van der Waals surface area (Å²) in [5, 5.41) is 14.4. The van der Waals surface area contributed by atoms with E-state index in [4.69, 9.17) is 5.73 Å². The zero-order valence-corrected chi connectivity index (χ0v) is 15.9. The van der Waals surface area contributed by atoms with Crippen LogP contribution >= 0.6 is 11.3 Å². The van der Waals surface area contributed by atoms with Crippen LogP contribution in [0.1, 0.15) is 29.9 Å². The van der Waals surface area contributed by atoms with Crippen LogP contribution in [0.3, 0.4) is 0 Å². The van der Waals surface area contributed by atoms with Crippen molar-refractivity contribution in [1.82, 2.24) is 4.98 Å². The number of benzene rings is 2. The Hall–Kier alpha value is -2.70. The van der Waals surface area contributed by atoms with Crippen LogP contribution in [-0.2, 0) is 6.42 Å². The first-order valence-electron chi connectivity index (χ1n) is 9.36. The Labute approximate surface area is 164 Å². The smallest absolute Gasteiger partial charge is 0.266 e. The minimum atomic E-state index is -0.340. The molecule has 0 bridgehead atoms. The molecule has 0 atom stereocenters. The highest BCUT2D eigenvalue weighted by Gasteiger charge is 2.29. The third-order valence-electron chi connectivity index (χ3n) is 5.49. The van der Waals surface area contributed by atoms with Gasteiger partial charge in [0.1, 0.15) is 16.3 Å². The number of aromatic nitrogens is 1. The number of pyridine rings is 1. The second-order valence-corrected chi connectivity index (χ2v) is 8.26. The second-order valence-electron chi connectivity index (χ2n) is 7.35. The molecule has 4 nitrogen and oxygen atoms in total. The summed E-state index contributed by atoms with van der Waals surface area (Å²) in [5.41, 5.74) is 8.83. The minimum Gasteiger partial charge on any atom is -0.507 e. The molecule has 142 valence electrons. The summed E-state index contributed by atoms with van der Waals surface area (Å²) >= 11 is 1.37. The van der Waals surface area contributed by atoms with Crippen LogP contribution in [0.4, 0.5) is 4.39 Å². The predicted molar refractivity (Wildman–Crippen MR) is 112 cm³/mol. The van der Waals surface area contributed by atoms with Gasteiger partial charge < -0.3 is 15.8 Å². The van der Waals surface area contributed by atoms with Crippen molar-refractivity contribution in [2.24, 2.45) is 5.73 Å². The number of H-pyrrole nitrogens is 1. The first-order valence-corrected chi connectivity index (χ1v) is 10.2. The number of phenolic OH excluding ortho intramolecular Hbond substituents is 1. The van der Waals surface area contributed by atoms with Crippen LogP contribution in [0, 0.1) is 5.82 Å². The monoisotopic (exact) mass is 394 g/mol. The van der Waals surface area contributed by atoms with Gasteiger partial charge in [-0.05, 0) is 72.0 Å². The Bertz CT molecular complexity index is 1290. The summed E-state index contributed by atoms with van der Waals surface area (Å²) in [6, 6.07) is 8.60. The number of fused-ring (bicyclic) bond motifs is 3. The summed E-state index contributed by atoms with van der Waals surface area (Å²) in [6.45, 7) is 0.372. The summed E-state index contributed by atoms with van der Waals surface area (Å²) in [7, 11) is 0. The van der Waals surface area contributed by atoms with E-state index in [0.29, 0.717) is 40.3 Å². The van der Waals surface area contributed by atoms with Crippen molar-refractivity contribution in [2.45, 2.75) is 25.2 Å².